The largest absolute Gasteiger partial charge is 0.465 e. The number of aliphatic hydroxyl groups excluding tert-OH is 1. The molecule has 20 heavy (non-hydrogen) atoms. The Balaban J connectivity index is 2.60. The fraction of sp³-hybridized carbons (Fsp3) is 0.133. The Hall–Kier alpha value is -2.27. The highest BCUT2D eigenvalue weighted by Gasteiger charge is 2.20. The molecule has 0 aromatic heterocycles. The minimum atomic E-state index is -1.26. The second kappa shape index (κ2) is 5.79. The van der Waals surface area contributed by atoms with Crippen LogP contribution >= 0.6 is 0 Å². The van der Waals surface area contributed by atoms with Gasteiger partial charge in [0.1, 0.15) is 0 Å². The number of ether oxygens (including phenoxy) is 1. The maximum Gasteiger partial charge on any atom is 0.340 e. The number of esters is 1. The van der Waals surface area contributed by atoms with E-state index in [0.29, 0.717) is 11.1 Å². The number of carbonyl (C=O) groups is 1. The van der Waals surface area contributed by atoms with E-state index in [-0.39, 0.29) is 12.2 Å². The summed E-state index contributed by atoms with van der Waals surface area (Å²) < 4.78 is 32.4. The molecule has 0 radical (unpaired) electrons. The van der Waals surface area contributed by atoms with Gasteiger partial charge in [0.05, 0.1) is 19.3 Å². The van der Waals surface area contributed by atoms with Crippen LogP contribution in [0, 0.1) is 11.6 Å². The fourth-order valence-corrected chi connectivity index (χ4v) is 1.95. The summed E-state index contributed by atoms with van der Waals surface area (Å²) in [6.07, 6.45) is 0. The lowest BCUT2D eigenvalue weighted by atomic mass is 9.98. The Morgan fingerprint density at radius 2 is 1.80 bits per heavy atom. The maximum atomic E-state index is 14.1. The molecule has 3 nitrogen and oxygen atoms in total. The molecule has 0 unspecified atom stereocenters. The van der Waals surface area contributed by atoms with Gasteiger partial charge in [-0.2, -0.15) is 0 Å². The molecule has 0 aliphatic rings. The number of rotatable bonds is 3. The van der Waals surface area contributed by atoms with Crippen molar-refractivity contribution in [1.82, 2.24) is 0 Å². The molecule has 0 fully saturated rings. The van der Waals surface area contributed by atoms with Crippen molar-refractivity contribution in [1.29, 1.82) is 0 Å². The molecule has 104 valence electrons. The summed E-state index contributed by atoms with van der Waals surface area (Å²) in [6.45, 7) is -0.296. The smallest absolute Gasteiger partial charge is 0.340 e. The summed E-state index contributed by atoms with van der Waals surface area (Å²) in [7, 11) is 1.09. The van der Waals surface area contributed by atoms with Gasteiger partial charge in [-0.3, -0.25) is 0 Å². The highest BCUT2D eigenvalue weighted by Crippen LogP contribution is 2.29. The third kappa shape index (κ3) is 2.40. The summed E-state index contributed by atoms with van der Waals surface area (Å²) in [5.74, 6) is -3.35. The van der Waals surface area contributed by atoms with Gasteiger partial charge in [-0.25, -0.2) is 13.6 Å². The SMILES string of the molecule is COC(=O)c1ccc(-c2ccccc2CO)c(F)c1F. The molecule has 5 heteroatoms. The molecule has 0 saturated carbocycles. The minimum absolute atomic E-state index is 0.0141. The van der Waals surface area contributed by atoms with Gasteiger partial charge in [-0.15, -0.1) is 0 Å². The number of methoxy groups -OCH3 is 1. The Morgan fingerprint density at radius 3 is 2.45 bits per heavy atom. The third-order valence-corrected chi connectivity index (χ3v) is 2.97. The molecule has 0 atom stereocenters. The number of carbonyl (C=O) groups excluding carboxylic acids is 1. The quantitative estimate of drug-likeness (QED) is 0.878. The van der Waals surface area contributed by atoms with Crippen molar-refractivity contribution in [3.8, 4) is 11.1 Å². The zero-order valence-electron chi connectivity index (χ0n) is 10.7. The van der Waals surface area contributed by atoms with Gasteiger partial charge in [-0.05, 0) is 17.2 Å². The van der Waals surface area contributed by atoms with Crippen LogP contribution in [-0.4, -0.2) is 18.2 Å². The first-order valence-corrected chi connectivity index (χ1v) is 5.85. The summed E-state index contributed by atoms with van der Waals surface area (Å²) in [6, 6.07) is 8.97. The molecule has 2 aromatic carbocycles. The Labute approximate surface area is 114 Å². The van der Waals surface area contributed by atoms with E-state index in [0.717, 1.165) is 13.2 Å². The van der Waals surface area contributed by atoms with E-state index >= 15 is 0 Å². The van der Waals surface area contributed by atoms with Crippen LogP contribution in [0.25, 0.3) is 11.1 Å². The molecule has 2 rings (SSSR count). The second-order valence-corrected chi connectivity index (χ2v) is 4.10. The van der Waals surface area contributed by atoms with Gasteiger partial charge >= 0.3 is 5.97 Å². The molecule has 1 N–H and O–H groups in total. The van der Waals surface area contributed by atoms with Gasteiger partial charge in [0.25, 0.3) is 0 Å². The standard InChI is InChI=1S/C15H12F2O3/c1-20-15(19)12-7-6-11(13(16)14(12)17)10-5-3-2-4-9(10)8-18/h2-7,18H,8H2,1H3. The molecule has 0 saturated heterocycles. The molecular weight excluding hydrogens is 266 g/mol. The monoisotopic (exact) mass is 278 g/mol. The van der Waals surface area contributed by atoms with Crippen molar-refractivity contribution < 1.29 is 23.4 Å². The number of hydrogen-bond acceptors (Lipinski definition) is 3. The lowest BCUT2D eigenvalue weighted by Gasteiger charge is -2.10. The van der Waals surface area contributed by atoms with Crippen LogP contribution in [0.5, 0.6) is 0 Å². The number of aliphatic hydroxyl groups is 1. The van der Waals surface area contributed by atoms with E-state index < -0.39 is 23.2 Å². The van der Waals surface area contributed by atoms with Crippen molar-refractivity contribution >= 4 is 5.97 Å². The lowest BCUT2D eigenvalue weighted by molar-refractivity contribution is 0.0594. The predicted molar refractivity (Wildman–Crippen MR) is 69.1 cm³/mol. The summed E-state index contributed by atoms with van der Waals surface area (Å²) >= 11 is 0. The van der Waals surface area contributed by atoms with Crippen molar-refractivity contribution in [2.45, 2.75) is 6.61 Å². The predicted octanol–water partition coefficient (Wildman–Crippen LogP) is 2.91. The van der Waals surface area contributed by atoms with E-state index in [2.05, 4.69) is 4.74 Å². The van der Waals surface area contributed by atoms with Crippen LogP contribution in [0.4, 0.5) is 8.78 Å². The van der Waals surface area contributed by atoms with E-state index in [1.807, 2.05) is 0 Å². The van der Waals surface area contributed by atoms with E-state index in [9.17, 15) is 18.7 Å². The summed E-state index contributed by atoms with van der Waals surface area (Å²) in [4.78, 5) is 11.3. The first kappa shape index (κ1) is 14.1. The van der Waals surface area contributed by atoms with E-state index in [1.54, 1.807) is 24.3 Å². The molecule has 0 heterocycles. The van der Waals surface area contributed by atoms with Crippen LogP contribution in [0.3, 0.4) is 0 Å². The van der Waals surface area contributed by atoms with Crippen molar-refractivity contribution in [3.63, 3.8) is 0 Å². The number of halogens is 2. The Kier molecular flexibility index (Phi) is 4.10. The first-order valence-electron chi connectivity index (χ1n) is 5.85. The van der Waals surface area contributed by atoms with E-state index in [1.165, 1.54) is 6.07 Å². The van der Waals surface area contributed by atoms with Crippen LogP contribution in [0.15, 0.2) is 36.4 Å². The average molecular weight is 278 g/mol. The zero-order chi connectivity index (χ0) is 14.7. The van der Waals surface area contributed by atoms with Gasteiger partial charge in [-0.1, -0.05) is 30.3 Å². The molecule has 0 spiro atoms. The van der Waals surface area contributed by atoms with Gasteiger partial charge in [0.2, 0.25) is 0 Å². The van der Waals surface area contributed by atoms with E-state index in [4.69, 9.17) is 0 Å². The Bertz CT molecular complexity index is 654. The molecule has 0 aliphatic heterocycles. The molecule has 0 bridgehead atoms. The van der Waals surface area contributed by atoms with Crippen molar-refractivity contribution in [3.05, 3.63) is 59.2 Å². The highest BCUT2D eigenvalue weighted by atomic mass is 19.2. The van der Waals surface area contributed by atoms with Gasteiger partial charge < -0.3 is 9.84 Å². The first-order chi connectivity index (χ1) is 9.60. The number of benzene rings is 2. The van der Waals surface area contributed by atoms with Gasteiger partial charge in [0.15, 0.2) is 11.6 Å². The molecule has 0 amide bonds. The topological polar surface area (TPSA) is 46.5 Å². The van der Waals surface area contributed by atoms with Crippen molar-refractivity contribution in [2.24, 2.45) is 0 Å². The third-order valence-electron chi connectivity index (χ3n) is 2.97. The highest BCUT2D eigenvalue weighted by molar-refractivity contribution is 5.90. The molecular formula is C15H12F2O3. The van der Waals surface area contributed by atoms with Gasteiger partial charge in [0, 0.05) is 5.56 Å². The molecule has 0 aliphatic carbocycles. The van der Waals surface area contributed by atoms with Crippen LogP contribution in [-0.2, 0) is 11.3 Å². The number of hydrogen-bond donors (Lipinski definition) is 1. The normalized spacial score (nSPS) is 10.4. The van der Waals surface area contributed by atoms with Crippen molar-refractivity contribution in [2.75, 3.05) is 7.11 Å². The fourth-order valence-electron chi connectivity index (χ4n) is 1.95. The summed E-state index contributed by atoms with van der Waals surface area (Å²) in [5, 5.41) is 9.23. The second-order valence-electron chi connectivity index (χ2n) is 4.10. The zero-order valence-corrected chi connectivity index (χ0v) is 10.7. The van der Waals surface area contributed by atoms with Crippen LogP contribution in [0.2, 0.25) is 0 Å². The maximum absolute atomic E-state index is 14.1. The van der Waals surface area contributed by atoms with Crippen LogP contribution < -0.4 is 0 Å². The Morgan fingerprint density at radius 1 is 1.10 bits per heavy atom. The lowest BCUT2D eigenvalue weighted by Crippen LogP contribution is -2.07. The molecule has 2 aromatic rings. The minimum Gasteiger partial charge on any atom is -0.465 e. The van der Waals surface area contributed by atoms with Crippen LogP contribution in [0.1, 0.15) is 15.9 Å². The average Bonchev–Trinajstić information content (AvgIpc) is 2.49. The summed E-state index contributed by atoms with van der Waals surface area (Å²) in [5.41, 5.74) is 0.370.